The summed E-state index contributed by atoms with van der Waals surface area (Å²) in [4.78, 5) is 10.2. The summed E-state index contributed by atoms with van der Waals surface area (Å²) < 4.78 is 78.4. The highest BCUT2D eigenvalue weighted by atomic mass is 19.4. The minimum Gasteiger partial charge on any atom is -0.481 e. The average molecular weight is 306 g/mol. The second kappa shape index (κ2) is 5.67. The number of rotatable bonds is 5. The molecule has 114 valence electrons. The van der Waals surface area contributed by atoms with Gasteiger partial charge in [0.05, 0.1) is 0 Å². The summed E-state index contributed by atoms with van der Waals surface area (Å²) in [6.07, 6.45) is -11.8. The number of aliphatic carboxylic acids is 1. The van der Waals surface area contributed by atoms with E-state index in [-0.39, 0.29) is 19.3 Å². The maximum atomic E-state index is 12.3. The lowest BCUT2D eigenvalue weighted by Crippen LogP contribution is -2.34. The van der Waals surface area contributed by atoms with E-state index in [2.05, 4.69) is 14.6 Å². The van der Waals surface area contributed by atoms with Crippen LogP contribution in [0.5, 0.6) is 0 Å². The summed E-state index contributed by atoms with van der Waals surface area (Å²) in [6.45, 7) is 0. The van der Waals surface area contributed by atoms with Crippen molar-refractivity contribution in [3.8, 4) is 0 Å². The summed E-state index contributed by atoms with van der Waals surface area (Å²) in [6, 6.07) is 0. The van der Waals surface area contributed by atoms with E-state index in [0.717, 1.165) is 0 Å². The number of halogens is 6. The second-order valence-electron chi connectivity index (χ2n) is 3.80. The van der Waals surface area contributed by atoms with Crippen molar-refractivity contribution < 1.29 is 40.7 Å². The molecule has 0 unspecified atom stereocenters. The summed E-state index contributed by atoms with van der Waals surface area (Å²) in [5.41, 5.74) is 0. The molecule has 1 aromatic rings. The number of aromatic nitrogens is 2. The lowest BCUT2D eigenvalue weighted by molar-refractivity contribution is -0.258. The van der Waals surface area contributed by atoms with Gasteiger partial charge >= 0.3 is 18.3 Å². The van der Waals surface area contributed by atoms with E-state index >= 15 is 0 Å². The van der Waals surface area contributed by atoms with Crippen LogP contribution in [0.15, 0.2) is 4.42 Å². The van der Waals surface area contributed by atoms with E-state index in [1.54, 1.807) is 0 Å². The van der Waals surface area contributed by atoms with Gasteiger partial charge in [-0.05, 0) is 6.42 Å². The maximum Gasteiger partial charge on any atom is 0.409 e. The zero-order valence-electron chi connectivity index (χ0n) is 9.62. The number of carboxylic acids is 1. The van der Waals surface area contributed by atoms with Gasteiger partial charge in [0, 0.05) is 12.8 Å². The largest absolute Gasteiger partial charge is 0.481 e. The molecule has 0 aliphatic heterocycles. The summed E-state index contributed by atoms with van der Waals surface area (Å²) in [7, 11) is 0. The van der Waals surface area contributed by atoms with Crippen molar-refractivity contribution in [2.75, 3.05) is 0 Å². The minimum atomic E-state index is -5.61. The van der Waals surface area contributed by atoms with E-state index in [1.807, 2.05) is 0 Å². The highest BCUT2D eigenvalue weighted by Crippen LogP contribution is 2.45. The van der Waals surface area contributed by atoms with Crippen LogP contribution in [0.1, 0.15) is 30.5 Å². The first-order valence-electron chi connectivity index (χ1n) is 5.19. The molecule has 0 saturated heterocycles. The molecule has 5 nitrogen and oxygen atoms in total. The normalized spacial score (nSPS) is 12.9. The van der Waals surface area contributed by atoms with Crippen LogP contribution in [0.25, 0.3) is 0 Å². The van der Waals surface area contributed by atoms with Gasteiger partial charge < -0.3 is 9.52 Å². The van der Waals surface area contributed by atoms with Crippen molar-refractivity contribution in [2.24, 2.45) is 0 Å². The second-order valence-corrected chi connectivity index (χ2v) is 3.80. The van der Waals surface area contributed by atoms with Crippen LogP contribution >= 0.6 is 0 Å². The first-order valence-corrected chi connectivity index (χ1v) is 5.19. The Morgan fingerprint density at radius 2 is 1.70 bits per heavy atom. The quantitative estimate of drug-likeness (QED) is 0.846. The molecule has 1 rings (SSSR count). The number of aryl methyl sites for hydroxylation is 1. The van der Waals surface area contributed by atoms with Crippen LogP contribution in [0, 0.1) is 0 Å². The van der Waals surface area contributed by atoms with Gasteiger partial charge in [0.15, 0.2) is 0 Å². The third-order valence-electron chi connectivity index (χ3n) is 2.17. The molecule has 0 bridgehead atoms. The van der Waals surface area contributed by atoms with Crippen molar-refractivity contribution in [1.82, 2.24) is 10.2 Å². The number of hydrogen-bond donors (Lipinski definition) is 1. The zero-order chi connectivity index (χ0) is 15.6. The maximum absolute atomic E-state index is 12.3. The molecule has 0 amide bonds. The number of carbonyl (C=O) groups is 1. The van der Waals surface area contributed by atoms with Gasteiger partial charge in [0.1, 0.15) is 0 Å². The summed E-state index contributed by atoms with van der Waals surface area (Å²) in [5.74, 6) is -7.08. The van der Waals surface area contributed by atoms with Crippen LogP contribution in [0.4, 0.5) is 26.3 Å². The van der Waals surface area contributed by atoms with Crippen molar-refractivity contribution in [2.45, 2.75) is 37.5 Å². The van der Waals surface area contributed by atoms with Crippen molar-refractivity contribution in [3.05, 3.63) is 11.8 Å². The topological polar surface area (TPSA) is 76.2 Å². The predicted molar refractivity (Wildman–Crippen MR) is 49.7 cm³/mol. The van der Waals surface area contributed by atoms with Crippen LogP contribution in [-0.4, -0.2) is 33.6 Å². The van der Waals surface area contributed by atoms with Gasteiger partial charge in [0.25, 0.3) is 0 Å². The predicted octanol–water partition coefficient (Wildman–Crippen LogP) is 2.69. The Hall–Kier alpha value is -1.81. The van der Waals surface area contributed by atoms with E-state index < -0.39 is 36.0 Å². The fraction of sp³-hybridized carbons (Fsp3) is 0.667. The fourth-order valence-electron chi connectivity index (χ4n) is 1.34. The van der Waals surface area contributed by atoms with Gasteiger partial charge in [-0.15, -0.1) is 10.2 Å². The Bertz CT molecular complexity index is 453. The molecule has 0 saturated carbocycles. The van der Waals surface area contributed by atoms with Gasteiger partial charge in [0.2, 0.25) is 17.7 Å². The molecule has 0 aliphatic carbocycles. The van der Waals surface area contributed by atoms with Crippen molar-refractivity contribution in [3.63, 3.8) is 0 Å². The molecular formula is C9H8F6N2O3. The van der Waals surface area contributed by atoms with Crippen molar-refractivity contribution >= 4 is 5.97 Å². The highest BCUT2D eigenvalue weighted by Gasteiger charge is 2.60. The molecule has 0 radical (unpaired) electrons. The lowest BCUT2D eigenvalue weighted by Gasteiger charge is -2.19. The Morgan fingerprint density at radius 1 is 1.15 bits per heavy atom. The summed E-state index contributed by atoms with van der Waals surface area (Å²) in [5, 5.41) is 14.1. The van der Waals surface area contributed by atoms with Crippen molar-refractivity contribution in [1.29, 1.82) is 0 Å². The first-order chi connectivity index (χ1) is 9.01. The van der Waals surface area contributed by atoms with Gasteiger partial charge in [-0.25, -0.2) is 0 Å². The van der Waals surface area contributed by atoms with Crippen LogP contribution in [0.3, 0.4) is 0 Å². The molecule has 1 heterocycles. The zero-order valence-corrected chi connectivity index (χ0v) is 9.62. The Balaban J connectivity index is 2.85. The molecule has 0 fully saturated rings. The van der Waals surface area contributed by atoms with E-state index in [0.29, 0.717) is 0 Å². The fourth-order valence-corrected chi connectivity index (χ4v) is 1.34. The molecule has 0 spiro atoms. The molecule has 0 aliphatic rings. The van der Waals surface area contributed by atoms with Gasteiger partial charge in [-0.3, -0.25) is 4.79 Å². The molecule has 1 N–H and O–H groups in total. The van der Waals surface area contributed by atoms with Crippen LogP contribution in [0.2, 0.25) is 0 Å². The smallest absolute Gasteiger partial charge is 0.409 e. The summed E-state index contributed by atoms with van der Waals surface area (Å²) >= 11 is 0. The molecule has 11 heteroatoms. The Labute approximate surface area is 107 Å². The molecule has 0 aromatic carbocycles. The van der Waals surface area contributed by atoms with E-state index in [9.17, 15) is 31.1 Å². The molecule has 0 atom stereocenters. The standard InChI is InChI=1S/C9H8F6N2O3/c10-8(11,12)6(9(13,14)15)7-17-16-4(20-7)2-1-3-5(18)19/h6H,1-3H2,(H,18,19). The van der Waals surface area contributed by atoms with Gasteiger partial charge in [-0.2, -0.15) is 26.3 Å². The Kier molecular flexibility index (Phi) is 4.61. The SMILES string of the molecule is O=C(O)CCCc1nnc(C(C(F)(F)F)C(F)(F)F)o1. The minimum absolute atomic E-state index is 0.0420. The Morgan fingerprint density at radius 3 is 2.15 bits per heavy atom. The number of hydrogen-bond acceptors (Lipinski definition) is 4. The lowest BCUT2D eigenvalue weighted by atomic mass is 10.1. The molecular weight excluding hydrogens is 298 g/mol. The van der Waals surface area contributed by atoms with Gasteiger partial charge in [-0.1, -0.05) is 0 Å². The van der Waals surface area contributed by atoms with E-state index in [1.165, 1.54) is 0 Å². The van der Waals surface area contributed by atoms with Crippen LogP contribution < -0.4 is 0 Å². The van der Waals surface area contributed by atoms with Crippen LogP contribution in [-0.2, 0) is 11.2 Å². The average Bonchev–Trinajstić information content (AvgIpc) is 2.60. The number of carboxylic acid groups (broad SMARTS) is 1. The third-order valence-corrected chi connectivity index (χ3v) is 2.17. The molecule has 20 heavy (non-hydrogen) atoms. The van der Waals surface area contributed by atoms with E-state index in [4.69, 9.17) is 5.11 Å². The third kappa shape index (κ3) is 4.38. The molecule has 1 aromatic heterocycles. The number of alkyl halides is 6. The number of nitrogens with zero attached hydrogens (tertiary/aromatic N) is 2. The first kappa shape index (κ1) is 16.2. The monoisotopic (exact) mass is 306 g/mol. The highest BCUT2D eigenvalue weighted by molar-refractivity contribution is 5.66.